The average Bonchev–Trinajstić information content (AvgIpc) is 2.59. The maximum absolute atomic E-state index is 13.5. The van der Waals surface area contributed by atoms with Gasteiger partial charge in [0, 0.05) is 12.1 Å². The van der Waals surface area contributed by atoms with E-state index < -0.39 is 23.6 Å². The summed E-state index contributed by atoms with van der Waals surface area (Å²) >= 11 is 3.20. The monoisotopic (exact) mass is 365 g/mol. The van der Waals surface area contributed by atoms with E-state index in [1.54, 1.807) is 0 Å². The Morgan fingerprint density at radius 3 is 2.71 bits per heavy atom. The molecule has 3 nitrogen and oxygen atoms in total. The Balaban J connectivity index is 2.31. The van der Waals surface area contributed by atoms with Crippen LogP contribution in [0.3, 0.4) is 0 Å². The summed E-state index contributed by atoms with van der Waals surface area (Å²) < 4.78 is 45.4. The molecular formula is C14H15BrF3NO2. The highest BCUT2D eigenvalue weighted by Crippen LogP contribution is 2.35. The van der Waals surface area contributed by atoms with Gasteiger partial charge in [-0.15, -0.1) is 0 Å². The molecule has 2 rings (SSSR count). The van der Waals surface area contributed by atoms with E-state index in [1.165, 1.54) is 30.9 Å². The van der Waals surface area contributed by atoms with E-state index in [0.717, 1.165) is 0 Å². The van der Waals surface area contributed by atoms with Crippen LogP contribution in [0.1, 0.15) is 19.4 Å². The third kappa shape index (κ3) is 3.17. The second-order valence-corrected chi connectivity index (χ2v) is 6.33. The fourth-order valence-corrected chi connectivity index (χ4v) is 2.70. The number of alkyl halides is 2. The molecule has 0 aliphatic carbocycles. The molecule has 0 saturated carbocycles. The van der Waals surface area contributed by atoms with Crippen molar-refractivity contribution in [3.05, 3.63) is 28.0 Å². The predicted molar refractivity (Wildman–Crippen MR) is 74.8 cm³/mol. The van der Waals surface area contributed by atoms with Gasteiger partial charge in [-0.3, -0.25) is 4.79 Å². The lowest BCUT2D eigenvalue weighted by atomic mass is 9.92. The first-order valence-corrected chi connectivity index (χ1v) is 7.21. The molecule has 0 aromatic heterocycles. The number of nitrogens with zero attached hydrogens (tertiary/aromatic N) is 1. The van der Waals surface area contributed by atoms with Crippen LogP contribution in [0.25, 0.3) is 0 Å². The van der Waals surface area contributed by atoms with Gasteiger partial charge in [-0.1, -0.05) is 0 Å². The van der Waals surface area contributed by atoms with Gasteiger partial charge in [-0.25, -0.2) is 13.2 Å². The summed E-state index contributed by atoms with van der Waals surface area (Å²) in [6.07, 6.45) is -2.77. The lowest BCUT2D eigenvalue weighted by molar-refractivity contribution is -0.149. The highest BCUT2D eigenvalue weighted by atomic mass is 79.9. The maximum atomic E-state index is 13.5. The van der Waals surface area contributed by atoms with E-state index in [0.29, 0.717) is 15.8 Å². The number of ether oxygens (including phenoxy) is 1. The number of carbonyl (C=O) groups is 1. The first-order chi connectivity index (χ1) is 9.73. The number of rotatable bonds is 2. The van der Waals surface area contributed by atoms with E-state index in [2.05, 4.69) is 15.9 Å². The number of hydrogen-bond donors (Lipinski definition) is 0. The zero-order valence-corrected chi connectivity index (χ0v) is 13.2. The minimum absolute atomic E-state index is 0.0423. The molecule has 7 heteroatoms. The van der Waals surface area contributed by atoms with Gasteiger partial charge < -0.3 is 9.64 Å². The predicted octanol–water partition coefficient (Wildman–Crippen LogP) is 3.60. The Morgan fingerprint density at radius 1 is 1.43 bits per heavy atom. The largest absolute Gasteiger partial charge is 0.490 e. The number of halogens is 4. The Bertz CT molecular complexity index is 563. The Hall–Kier alpha value is -1.24. The second-order valence-electron chi connectivity index (χ2n) is 5.47. The minimum Gasteiger partial charge on any atom is -0.490 e. The third-order valence-corrected chi connectivity index (χ3v) is 4.03. The average molecular weight is 366 g/mol. The molecule has 0 spiro atoms. The van der Waals surface area contributed by atoms with Gasteiger partial charge in [-0.2, -0.15) is 0 Å². The standard InChI is InChI=1S/C14H15BrF3NO2/c1-14(2,12(17)18)13(20)19-3-4-21-11-8(7-19)5-9(16)6-10(11)15/h5-6,12H,3-4,7H2,1-2H3. The van der Waals surface area contributed by atoms with E-state index in [-0.39, 0.29) is 19.7 Å². The van der Waals surface area contributed by atoms with Gasteiger partial charge in [0.15, 0.2) is 0 Å². The summed E-state index contributed by atoms with van der Waals surface area (Å²) in [5.41, 5.74) is -1.33. The first kappa shape index (κ1) is 16.1. The Kier molecular flexibility index (Phi) is 4.51. The van der Waals surface area contributed by atoms with Crippen LogP contribution >= 0.6 is 15.9 Å². The van der Waals surface area contributed by atoms with E-state index in [1.807, 2.05) is 0 Å². The van der Waals surface area contributed by atoms with Gasteiger partial charge in [-0.05, 0) is 41.9 Å². The Labute approximate surface area is 129 Å². The van der Waals surface area contributed by atoms with Crippen molar-refractivity contribution in [3.8, 4) is 5.75 Å². The molecule has 1 amide bonds. The third-order valence-electron chi connectivity index (χ3n) is 3.44. The summed E-state index contributed by atoms with van der Waals surface area (Å²) in [6.45, 7) is 2.79. The van der Waals surface area contributed by atoms with Crippen LogP contribution in [-0.2, 0) is 11.3 Å². The molecule has 0 radical (unpaired) electrons. The van der Waals surface area contributed by atoms with Crippen molar-refractivity contribution in [1.82, 2.24) is 4.90 Å². The lowest BCUT2D eigenvalue weighted by Crippen LogP contribution is -2.45. The Morgan fingerprint density at radius 2 is 2.10 bits per heavy atom. The number of carbonyl (C=O) groups excluding carboxylic acids is 1. The van der Waals surface area contributed by atoms with Crippen molar-refractivity contribution in [2.75, 3.05) is 13.2 Å². The fraction of sp³-hybridized carbons (Fsp3) is 0.500. The van der Waals surface area contributed by atoms with Gasteiger partial charge >= 0.3 is 0 Å². The van der Waals surface area contributed by atoms with Crippen LogP contribution in [-0.4, -0.2) is 30.4 Å². The normalized spacial score (nSPS) is 15.5. The van der Waals surface area contributed by atoms with Crippen LogP contribution in [0.4, 0.5) is 13.2 Å². The van der Waals surface area contributed by atoms with Gasteiger partial charge in [0.05, 0.1) is 11.0 Å². The topological polar surface area (TPSA) is 29.5 Å². The molecule has 0 fully saturated rings. The van der Waals surface area contributed by atoms with E-state index in [4.69, 9.17) is 4.74 Å². The molecule has 0 unspecified atom stereocenters. The van der Waals surface area contributed by atoms with E-state index >= 15 is 0 Å². The molecule has 1 aliphatic rings. The van der Waals surface area contributed by atoms with Crippen molar-refractivity contribution in [2.45, 2.75) is 26.8 Å². The molecule has 0 atom stereocenters. The smallest absolute Gasteiger partial charge is 0.252 e. The van der Waals surface area contributed by atoms with Crippen LogP contribution in [0, 0.1) is 11.2 Å². The van der Waals surface area contributed by atoms with Crippen LogP contribution in [0.2, 0.25) is 0 Å². The molecule has 21 heavy (non-hydrogen) atoms. The van der Waals surface area contributed by atoms with Crippen molar-refractivity contribution < 1.29 is 22.7 Å². The number of amides is 1. The fourth-order valence-electron chi connectivity index (χ4n) is 2.11. The van der Waals surface area contributed by atoms with Crippen LogP contribution < -0.4 is 4.74 Å². The summed E-state index contributed by atoms with van der Waals surface area (Å²) in [4.78, 5) is 13.6. The van der Waals surface area contributed by atoms with E-state index in [9.17, 15) is 18.0 Å². The summed E-state index contributed by atoms with van der Waals surface area (Å²) in [7, 11) is 0. The highest BCUT2D eigenvalue weighted by molar-refractivity contribution is 9.10. The van der Waals surface area contributed by atoms with Crippen molar-refractivity contribution in [3.63, 3.8) is 0 Å². The quantitative estimate of drug-likeness (QED) is 0.801. The van der Waals surface area contributed by atoms with Crippen molar-refractivity contribution >= 4 is 21.8 Å². The van der Waals surface area contributed by atoms with Crippen molar-refractivity contribution in [2.24, 2.45) is 5.41 Å². The highest BCUT2D eigenvalue weighted by Gasteiger charge is 2.41. The number of benzene rings is 1. The molecule has 0 bridgehead atoms. The van der Waals surface area contributed by atoms with Gasteiger partial charge in [0.2, 0.25) is 5.91 Å². The molecule has 0 saturated heterocycles. The molecule has 1 aromatic rings. The summed E-state index contributed by atoms with van der Waals surface area (Å²) in [6, 6.07) is 2.51. The van der Waals surface area contributed by atoms with Crippen molar-refractivity contribution in [1.29, 1.82) is 0 Å². The first-order valence-electron chi connectivity index (χ1n) is 6.41. The molecule has 116 valence electrons. The molecule has 0 N–H and O–H groups in total. The number of fused-ring (bicyclic) bond motifs is 1. The molecular weight excluding hydrogens is 351 g/mol. The van der Waals surface area contributed by atoms with Crippen LogP contribution in [0.5, 0.6) is 5.75 Å². The summed E-state index contributed by atoms with van der Waals surface area (Å²) in [5.74, 6) is -0.706. The lowest BCUT2D eigenvalue weighted by Gasteiger charge is -2.30. The molecule has 1 aliphatic heterocycles. The number of hydrogen-bond acceptors (Lipinski definition) is 2. The minimum atomic E-state index is -2.77. The van der Waals surface area contributed by atoms with Gasteiger partial charge in [0.25, 0.3) is 6.43 Å². The molecule has 1 heterocycles. The zero-order valence-electron chi connectivity index (χ0n) is 11.6. The second kappa shape index (κ2) is 5.87. The van der Waals surface area contributed by atoms with Crippen LogP contribution in [0.15, 0.2) is 16.6 Å². The summed E-state index contributed by atoms with van der Waals surface area (Å²) in [5, 5.41) is 0. The SMILES string of the molecule is CC(C)(C(=O)N1CCOc2c(Br)cc(F)cc2C1)C(F)F. The molecule has 1 aromatic carbocycles. The maximum Gasteiger partial charge on any atom is 0.252 e. The van der Waals surface area contributed by atoms with Gasteiger partial charge in [0.1, 0.15) is 23.6 Å². The zero-order chi connectivity index (χ0) is 15.8.